The van der Waals surface area contributed by atoms with E-state index in [4.69, 9.17) is 10.00 Å². The first-order valence-electron chi connectivity index (χ1n) is 5.00. The predicted molar refractivity (Wildman–Crippen MR) is 55.7 cm³/mol. The van der Waals surface area contributed by atoms with Crippen molar-refractivity contribution in [2.24, 2.45) is 0 Å². The Bertz CT molecular complexity index is 409. The zero-order chi connectivity index (χ0) is 10.8. The molecule has 1 aromatic rings. The van der Waals surface area contributed by atoms with Gasteiger partial charge in [0.2, 0.25) is 0 Å². The molecule has 0 bridgehead atoms. The van der Waals surface area contributed by atoms with Crippen molar-refractivity contribution >= 4 is 0 Å². The molecule has 78 valence electrons. The summed E-state index contributed by atoms with van der Waals surface area (Å²) in [5, 5.41) is 18.7. The summed E-state index contributed by atoms with van der Waals surface area (Å²) in [5.41, 5.74) is 2.06. The lowest BCUT2D eigenvalue weighted by molar-refractivity contribution is 0.144. The van der Waals surface area contributed by atoms with Crippen LogP contribution in [-0.2, 0) is 6.42 Å². The van der Waals surface area contributed by atoms with Gasteiger partial charge in [-0.25, -0.2) is 0 Å². The number of hydrogen-bond acceptors (Lipinski definition) is 3. The van der Waals surface area contributed by atoms with E-state index in [1.54, 1.807) is 7.11 Å². The number of hydrogen-bond donors (Lipinski definition) is 1. The van der Waals surface area contributed by atoms with Crippen LogP contribution in [0.2, 0.25) is 0 Å². The van der Waals surface area contributed by atoms with Crippen molar-refractivity contribution in [2.45, 2.75) is 24.9 Å². The molecule has 1 aliphatic rings. The molecule has 0 saturated carbocycles. The highest BCUT2D eigenvalue weighted by Crippen LogP contribution is 2.33. The van der Waals surface area contributed by atoms with Crippen molar-refractivity contribution < 1.29 is 9.84 Å². The molecule has 1 aromatic carbocycles. The van der Waals surface area contributed by atoms with Crippen LogP contribution in [0.1, 0.15) is 23.5 Å². The molecular weight excluding hydrogens is 190 g/mol. The van der Waals surface area contributed by atoms with Gasteiger partial charge in [-0.3, -0.25) is 0 Å². The van der Waals surface area contributed by atoms with Crippen LogP contribution in [0.15, 0.2) is 18.2 Å². The second-order valence-corrected chi connectivity index (χ2v) is 3.78. The van der Waals surface area contributed by atoms with E-state index in [-0.39, 0.29) is 0 Å². The van der Waals surface area contributed by atoms with Gasteiger partial charge in [0.15, 0.2) is 0 Å². The monoisotopic (exact) mass is 203 g/mol. The Kier molecular flexibility index (Phi) is 2.61. The Morgan fingerprint density at radius 2 is 2.33 bits per heavy atom. The van der Waals surface area contributed by atoms with Gasteiger partial charge in [0.1, 0.15) is 5.75 Å². The maximum Gasteiger partial charge on any atom is 0.119 e. The molecule has 3 nitrogen and oxygen atoms in total. The van der Waals surface area contributed by atoms with Gasteiger partial charge < -0.3 is 9.84 Å². The summed E-state index contributed by atoms with van der Waals surface area (Å²) >= 11 is 0. The molecule has 0 heterocycles. The highest BCUT2D eigenvalue weighted by molar-refractivity contribution is 5.42. The smallest absolute Gasteiger partial charge is 0.119 e. The van der Waals surface area contributed by atoms with Crippen LogP contribution in [0, 0.1) is 11.3 Å². The predicted octanol–water partition coefficient (Wildman–Crippen LogP) is 1.61. The third-order valence-electron chi connectivity index (χ3n) is 2.92. The molecule has 0 aliphatic heterocycles. The Labute approximate surface area is 88.9 Å². The molecule has 3 heteroatoms. The van der Waals surface area contributed by atoms with Crippen LogP contribution in [-0.4, -0.2) is 18.3 Å². The van der Waals surface area contributed by atoms with E-state index in [1.165, 1.54) is 0 Å². The maximum absolute atomic E-state index is 9.72. The molecule has 2 unspecified atom stereocenters. The normalized spacial score (nSPS) is 24.1. The quantitative estimate of drug-likeness (QED) is 0.754. The van der Waals surface area contributed by atoms with Crippen molar-refractivity contribution in [1.82, 2.24) is 0 Å². The van der Waals surface area contributed by atoms with Crippen molar-refractivity contribution in [3.8, 4) is 11.8 Å². The lowest BCUT2D eigenvalue weighted by Gasteiger charge is -2.25. The van der Waals surface area contributed by atoms with E-state index in [0.29, 0.717) is 6.42 Å². The number of aryl methyl sites for hydroxylation is 1. The zero-order valence-electron chi connectivity index (χ0n) is 8.60. The van der Waals surface area contributed by atoms with Gasteiger partial charge >= 0.3 is 0 Å². The summed E-state index contributed by atoms with van der Waals surface area (Å²) in [5.74, 6) is 0.326. The van der Waals surface area contributed by atoms with Crippen LogP contribution >= 0.6 is 0 Å². The van der Waals surface area contributed by atoms with Gasteiger partial charge in [-0.15, -0.1) is 0 Å². The number of aliphatic hydroxyl groups excluding tert-OH is 1. The third kappa shape index (κ3) is 1.69. The highest BCUT2D eigenvalue weighted by Gasteiger charge is 2.28. The summed E-state index contributed by atoms with van der Waals surface area (Å²) in [6.45, 7) is 0. The molecule has 0 saturated heterocycles. The van der Waals surface area contributed by atoms with Crippen molar-refractivity contribution in [3.63, 3.8) is 0 Å². The SMILES string of the molecule is COc1ccc2c(c1)C(C#N)C(O)CC2. The summed E-state index contributed by atoms with van der Waals surface area (Å²) in [6.07, 6.45) is 0.950. The van der Waals surface area contributed by atoms with E-state index in [0.717, 1.165) is 23.3 Å². The van der Waals surface area contributed by atoms with E-state index < -0.39 is 12.0 Å². The molecule has 0 radical (unpaired) electrons. The summed E-state index contributed by atoms with van der Waals surface area (Å²) < 4.78 is 5.12. The molecule has 2 atom stereocenters. The van der Waals surface area contributed by atoms with Gasteiger partial charge in [0.05, 0.1) is 25.2 Å². The van der Waals surface area contributed by atoms with Crippen molar-refractivity contribution in [2.75, 3.05) is 7.11 Å². The first-order valence-corrected chi connectivity index (χ1v) is 5.00. The molecule has 1 aliphatic carbocycles. The Morgan fingerprint density at radius 1 is 1.53 bits per heavy atom. The zero-order valence-corrected chi connectivity index (χ0v) is 8.60. The number of nitrogens with zero attached hydrogens (tertiary/aromatic N) is 1. The number of ether oxygens (including phenoxy) is 1. The first kappa shape index (κ1) is 10.0. The minimum Gasteiger partial charge on any atom is -0.497 e. The van der Waals surface area contributed by atoms with Gasteiger partial charge in [-0.05, 0) is 36.1 Å². The van der Waals surface area contributed by atoms with E-state index in [1.807, 2.05) is 18.2 Å². The average molecular weight is 203 g/mol. The molecule has 2 rings (SSSR count). The number of rotatable bonds is 1. The summed E-state index contributed by atoms with van der Waals surface area (Å²) in [6, 6.07) is 7.88. The van der Waals surface area contributed by atoms with Crippen LogP contribution in [0.25, 0.3) is 0 Å². The molecule has 0 amide bonds. The fourth-order valence-electron chi connectivity index (χ4n) is 2.05. The van der Waals surface area contributed by atoms with Gasteiger partial charge in [-0.1, -0.05) is 6.07 Å². The van der Waals surface area contributed by atoms with Crippen LogP contribution in [0.4, 0.5) is 0 Å². The van der Waals surface area contributed by atoms with Crippen molar-refractivity contribution in [3.05, 3.63) is 29.3 Å². The molecule has 1 N–H and O–H groups in total. The van der Waals surface area contributed by atoms with E-state index >= 15 is 0 Å². The van der Waals surface area contributed by atoms with E-state index in [2.05, 4.69) is 6.07 Å². The summed E-state index contributed by atoms with van der Waals surface area (Å²) in [4.78, 5) is 0. The lowest BCUT2D eigenvalue weighted by atomic mass is 9.81. The second-order valence-electron chi connectivity index (χ2n) is 3.78. The Hall–Kier alpha value is -1.53. The number of fused-ring (bicyclic) bond motifs is 1. The van der Waals surface area contributed by atoms with Crippen LogP contribution in [0.5, 0.6) is 5.75 Å². The number of nitriles is 1. The number of methoxy groups -OCH3 is 1. The fourth-order valence-corrected chi connectivity index (χ4v) is 2.05. The minimum atomic E-state index is -0.547. The lowest BCUT2D eigenvalue weighted by Crippen LogP contribution is -2.24. The average Bonchev–Trinajstić information content (AvgIpc) is 2.28. The third-order valence-corrected chi connectivity index (χ3v) is 2.92. The molecule has 0 aromatic heterocycles. The molecular formula is C12H13NO2. The first-order chi connectivity index (χ1) is 7.26. The second kappa shape index (κ2) is 3.92. The van der Waals surface area contributed by atoms with Gasteiger partial charge in [0.25, 0.3) is 0 Å². The highest BCUT2D eigenvalue weighted by atomic mass is 16.5. The Morgan fingerprint density at radius 3 is 3.00 bits per heavy atom. The topological polar surface area (TPSA) is 53.2 Å². The van der Waals surface area contributed by atoms with E-state index in [9.17, 15) is 5.11 Å². The standard InChI is InChI=1S/C12H13NO2/c1-15-9-4-2-8-3-5-12(14)11(7-13)10(8)6-9/h2,4,6,11-12,14H,3,5H2,1H3. The molecule has 0 fully saturated rings. The summed E-state index contributed by atoms with van der Waals surface area (Å²) in [7, 11) is 1.60. The number of aliphatic hydroxyl groups is 1. The van der Waals surface area contributed by atoms with Crippen molar-refractivity contribution in [1.29, 1.82) is 5.26 Å². The fraction of sp³-hybridized carbons (Fsp3) is 0.417. The molecule has 15 heavy (non-hydrogen) atoms. The van der Waals surface area contributed by atoms with Gasteiger partial charge in [0, 0.05) is 0 Å². The largest absolute Gasteiger partial charge is 0.497 e. The van der Waals surface area contributed by atoms with Crippen LogP contribution in [0.3, 0.4) is 0 Å². The Balaban J connectivity index is 2.46. The minimum absolute atomic E-state index is 0.413. The van der Waals surface area contributed by atoms with Gasteiger partial charge in [-0.2, -0.15) is 5.26 Å². The van der Waals surface area contributed by atoms with Crippen LogP contribution < -0.4 is 4.74 Å². The maximum atomic E-state index is 9.72. The molecule has 0 spiro atoms. The number of benzene rings is 1.